The van der Waals surface area contributed by atoms with Gasteiger partial charge in [-0.3, -0.25) is 33.6 Å². The van der Waals surface area contributed by atoms with E-state index in [9.17, 15) is 53.7 Å². The smallest absolute Gasteiger partial charge is 0.326 e. The van der Waals surface area contributed by atoms with Gasteiger partial charge in [0.2, 0.25) is 35.4 Å². The molecule has 12 N–H and O–H groups in total. The molecular weight excluding hydrogens is 662 g/mol. The standard InChI is InChI=1S/C31H47N7O12/c1-14(2)10-23(31(49)50)38-29(47)21(11-18-6-8-19(40)9-7-18)37-30(48)22(12-24(41)42)36-27(45)17(5)34-25(43)15(3)33-26(44)16(4)35-28(46)20(32)13-39/h6-9,14-17,20-23,39-40H,10-13,32H2,1-5H3,(H,33,44)(H,34,43)(H,35,46)(H,36,45)(H,37,48)(H,38,47)(H,41,42)(H,49,50)/t15-,16-,17-,20-,21-,22-,23-/m0/s1. The number of aliphatic hydroxyl groups excluding tert-OH is 1. The first-order chi connectivity index (χ1) is 23.2. The van der Waals surface area contributed by atoms with Crippen molar-refractivity contribution in [1.29, 1.82) is 0 Å². The summed E-state index contributed by atoms with van der Waals surface area (Å²) in [7, 11) is 0. The molecule has 0 aliphatic carbocycles. The van der Waals surface area contributed by atoms with E-state index < -0.39 is 103 Å². The molecule has 0 saturated carbocycles. The number of phenolic OH excluding ortho intramolecular Hbond substituents is 1. The largest absolute Gasteiger partial charge is 0.508 e. The first kappa shape index (κ1) is 42.7. The Labute approximate surface area is 288 Å². The number of amides is 6. The van der Waals surface area contributed by atoms with Crippen molar-refractivity contribution in [3.63, 3.8) is 0 Å². The number of hydrogen-bond acceptors (Lipinski definition) is 11. The van der Waals surface area contributed by atoms with Gasteiger partial charge < -0.3 is 58.1 Å². The number of phenols is 1. The van der Waals surface area contributed by atoms with E-state index in [0.717, 1.165) is 0 Å². The summed E-state index contributed by atoms with van der Waals surface area (Å²) in [5.41, 5.74) is 5.84. The average molecular weight is 710 g/mol. The molecule has 6 amide bonds. The normalized spacial score (nSPS) is 15.1. The highest BCUT2D eigenvalue weighted by Gasteiger charge is 2.32. The lowest BCUT2D eigenvalue weighted by Crippen LogP contribution is -2.59. The van der Waals surface area contributed by atoms with Gasteiger partial charge in [0.25, 0.3) is 0 Å². The third-order valence-electron chi connectivity index (χ3n) is 7.13. The number of aliphatic carboxylic acids is 2. The fraction of sp³-hybridized carbons (Fsp3) is 0.548. The molecule has 0 heterocycles. The molecule has 7 atom stereocenters. The molecule has 19 nitrogen and oxygen atoms in total. The number of nitrogens with two attached hydrogens (primary N) is 1. The second-order valence-electron chi connectivity index (χ2n) is 12.1. The zero-order chi connectivity index (χ0) is 38.3. The molecule has 0 saturated heterocycles. The highest BCUT2D eigenvalue weighted by Crippen LogP contribution is 2.13. The van der Waals surface area contributed by atoms with E-state index in [1.54, 1.807) is 13.8 Å². The Hall–Kier alpha value is -5.30. The Morgan fingerprint density at radius 3 is 1.48 bits per heavy atom. The molecule has 0 aliphatic rings. The topological polar surface area (TPSA) is 316 Å². The average Bonchev–Trinajstić information content (AvgIpc) is 3.03. The van der Waals surface area contributed by atoms with E-state index in [4.69, 9.17) is 10.8 Å². The van der Waals surface area contributed by atoms with E-state index in [1.165, 1.54) is 45.0 Å². The summed E-state index contributed by atoms with van der Waals surface area (Å²) in [5, 5.41) is 51.5. The number of carbonyl (C=O) groups excluding carboxylic acids is 6. The number of aromatic hydroxyl groups is 1. The number of rotatable bonds is 20. The maximum absolute atomic E-state index is 13.3. The predicted molar refractivity (Wildman–Crippen MR) is 175 cm³/mol. The van der Waals surface area contributed by atoms with Gasteiger partial charge in [0.15, 0.2) is 0 Å². The van der Waals surface area contributed by atoms with Crippen molar-refractivity contribution in [1.82, 2.24) is 31.9 Å². The van der Waals surface area contributed by atoms with Crippen LogP contribution in [0.25, 0.3) is 0 Å². The van der Waals surface area contributed by atoms with Gasteiger partial charge in [0, 0.05) is 6.42 Å². The van der Waals surface area contributed by atoms with Crippen LogP contribution in [-0.4, -0.2) is 117 Å². The fourth-order valence-corrected chi connectivity index (χ4v) is 4.27. The highest BCUT2D eigenvalue weighted by atomic mass is 16.4. The van der Waals surface area contributed by atoms with Crippen LogP contribution in [0, 0.1) is 5.92 Å². The Kier molecular flexibility index (Phi) is 17.3. The van der Waals surface area contributed by atoms with Crippen LogP contribution in [0.5, 0.6) is 5.75 Å². The van der Waals surface area contributed by atoms with Gasteiger partial charge in [-0.2, -0.15) is 0 Å². The van der Waals surface area contributed by atoms with Gasteiger partial charge in [0.1, 0.15) is 48.0 Å². The van der Waals surface area contributed by atoms with Gasteiger partial charge in [-0.1, -0.05) is 26.0 Å². The molecule has 19 heteroatoms. The fourth-order valence-electron chi connectivity index (χ4n) is 4.27. The number of hydrogen-bond donors (Lipinski definition) is 11. The summed E-state index contributed by atoms with van der Waals surface area (Å²) in [6.45, 7) is 6.64. The summed E-state index contributed by atoms with van der Waals surface area (Å²) in [6.07, 6.45) is -1.07. The third kappa shape index (κ3) is 14.9. The zero-order valence-corrected chi connectivity index (χ0v) is 28.4. The molecule has 0 unspecified atom stereocenters. The van der Waals surface area contributed by atoms with E-state index in [2.05, 4.69) is 31.9 Å². The molecule has 0 spiro atoms. The summed E-state index contributed by atoms with van der Waals surface area (Å²) in [4.78, 5) is 99.9. The van der Waals surface area contributed by atoms with Crippen LogP contribution in [0.4, 0.5) is 0 Å². The molecule has 0 fully saturated rings. The van der Waals surface area contributed by atoms with Crippen molar-refractivity contribution in [2.75, 3.05) is 6.61 Å². The lowest BCUT2D eigenvalue weighted by Gasteiger charge is -2.25. The van der Waals surface area contributed by atoms with Crippen molar-refractivity contribution in [3.05, 3.63) is 29.8 Å². The van der Waals surface area contributed by atoms with Gasteiger partial charge in [0.05, 0.1) is 13.0 Å². The minimum absolute atomic E-state index is 0.0689. The van der Waals surface area contributed by atoms with Gasteiger partial charge in [-0.25, -0.2) is 4.79 Å². The van der Waals surface area contributed by atoms with Crippen molar-refractivity contribution in [3.8, 4) is 5.75 Å². The molecule has 1 rings (SSSR count). The van der Waals surface area contributed by atoms with Crippen LogP contribution in [0.3, 0.4) is 0 Å². The summed E-state index contributed by atoms with van der Waals surface area (Å²) in [6, 6.07) is -3.94. The Morgan fingerprint density at radius 2 is 1.04 bits per heavy atom. The molecular formula is C31H47N7O12. The Morgan fingerprint density at radius 1 is 0.620 bits per heavy atom. The molecule has 0 aliphatic heterocycles. The van der Waals surface area contributed by atoms with E-state index in [1.807, 2.05) is 0 Å². The second-order valence-corrected chi connectivity index (χ2v) is 12.1. The minimum atomic E-state index is -1.76. The molecule has 0 aromatic heterocycles. The zero-order valence-electron chi connectivity index (χ0n) is 28.4. The second kappa shape index (κ2) is 20.3. The van der Waals surface area contributed by atoms with Gasteiger partial charge in [-0.05, 0) is 50.8 Å². The Bertz CT molecular complexity index is 1390. The third-order valence-corrected chi connectivity index (χ3v) is 7.13. The predicted octanol–water partition coefficient (Wildman–Crippen LogP) is -3.17. The maximum Gasteiger partial charge on any atom is 0.326 e. The number of benzene rings is 1. The molecule has 1 aromatic rings. The first-order valence-corrected chi connectivity index (χ1v) is 15.7. The number of carboxylic acid groups (broad SMARTS) is 2. The molecule has 0 bridgehead atoms. The Balaban J connectivity index is 3.05. The van der Waals surface area contributed by atoms with E-state index in [0.29, 0.717) is 5.56 Å². The number of aliphatic hydroxyl groups is 1. The van der Waals surface area contributed by atoms with Crippen LogP contribution in [0.1, 0.15) is 53.0 Å². The van der Waals surface area contributed by atoms with Gasteiger partial charge in [-0.15, -0.1) is 0 Å². The highest BCUT2D eigenvalue weighted by molar-refractivity contribution is 5.97. The van der Waals surface area contributed by atoms with Crippen LogP contribution in [-0.2, 0) is 44.8 Å². The van der Waals surface area contributed by atoms with Crippen molar-refractivity contribution >= 4 is 47.4 Å². The summed E-state index contributed by atoms with van der Waals surface area (Å²) >= 11 is 0. The van der Waals surface area contributed by atoms with E-state index >= 15 is 0 Å². The lowest BCUT2D eigenvalue weighted by molar-refractivity contribution is -0.143. The first-order valence-electron chi connectivity index (χ1n) is 15.7. The van der Waals surface area contributed by atoms with E-state index in [-0.39, 0.29) is 24.5 Å². The number of carboxylic acids is 2. The number of nitrogens with one attached hydrogen (secondary N) is 6. The number of carbonyl (C=O) groups is 8. The van der Waals surface area contributed by atoms with Crippen LogP contribution < -0.4 is 37.6 Å². The molecule has 0 radical (unpaired) electrons. The minimum Gasteiger partial charge on any atom is -0.508 e. The lowest BCUT2D eigenvalue weighted by atomic mass is 10.0. The van der Waals surface area contributed by atoms with Crippen LogP contribution in [0.15, 0.2) is 24.3 Å². The molecule has 1 aromatic carbocycles. The van der Waals surface area contributed by atoms with Crippen molar-refractivity contribution in [2.45, 2.75) is 96.2 Å². The van der Waals surface area contributed by atoms with Crippen LogP contribution >= 0.6 is 0 Å². The maximum atomic E-state index is 13.3. The summed E-state index contributed by atoms with van der Waals surface area (Å²) in [5.74, 6) is -8.46. The SMILES string of the molecule is CC(C)C[C@H](NC(=O)[C@H](Cc1ccc(O)cc1)NC(=O)[C@H](CC(=O)O)NC(=O)[C@H](C)NC(=O)[C@H](C)NC(=O)[C@H](C)NC(=O)[C@@H](N)CO)C(=O)O. The molecule has 50 heavy (non-hydrogen) atoms. The molecule has 278 valence electrons. The van der Waals surface area contributed by atoms with Gasteiger partial charge >= 0.3 is 11.9 Å². The van der Waals surface area contributed by atoms with Crippen molar-refractivity contribution < 1.29 is 58.8 Å². The summed E-state index contributed by atoms with van der Waals surface area (Å²) < 4.78 is 0. The monoisotopic (exact) mass is 709 g/mol. The quantitative estimate of drug-likeness (QED) is 0.0637. The van der Waals surface area contributed by atoms with Crippen LogP contribution in [0.2, 0.25) is 0 Å². The van der Waals surface area contributed by atoms with Crippen molar-refractivity contribution in [2.24, 2.45) is 11.7 Å².